The summed E-state index contributed by atoms with van der Waals surface area (Å²) in [7, 11) is 0. The highest BCUT2D eigenvalue weighted by molar-refractivity contribution is 5.72. The Bertz CT molecular complexity index is 698. The summed E-state index contributed by atoms with van der Waals surface area (Å²) in [6, 6.07) is 0. The van der Waals surface area contributed by atoms with Crippen LogP contribution in [0.15, 0.2) is 12.4 Å². The van der Waals surface area contributed by atoms with Crippen LogP contribution in [0, 0.1) is 5.41 Å². The second kappa shape index (κ2) is 7.93. The highest BCUT2D eigenvalue weighted by Gasteiger charge is 2.48. The van der Waals surface area contributed by atoms with E-state index in [9.17, 15) is 9.59 Å². The number of anilines is 1. The van der Waals surface area contributed by atoms with Crippen LogP contribution >= 0.6 is 0 Å². The predicted octanol–water partition coefficient (Wildman–Crippen LogP) is 2.42. The number of hydrogen-bond donors (Lipinski definition) is 0. The average molecular weight is 390 g/mol. The Morgan fingerprint density at radius 2 is 1.75 bits per heavy atom. The fourth-order valence-electron chi connectivity index (χ4n) is 3.70. The molecule has 8 nitrogen and oxygen atoms in total. The zero-order valence-corrected chi connectivity index (χ0v) is 17.2. The molecule has 0 atom stereocenters. The van der Waals surface area contributed by atoms with Gasteiger partial charge in [0.15, 0.2) is 0 Å². The number of amides is 1. The van der Waals surface area contributed by atoms with Crippen molar-refractivity contribution in [1.29, 1.82) is 0 Å². The van der Waals surface area contributed by atoms with E-state index in [4.69, 9.17) is 9.47 Å². The molecule has 0 N–H and O–H groups in total. The molecule has 28 heavy (non-hydrogen) atoms. The van der Waals surface area contributed by atoms with Gasteiger partial charge in [0.1, 0.15) is 5.60 Å². The van der Waals surface area contributed by atoms with E-state index in [-0.39, 0.29) is 23.9 Å². The standard InChI is InChI=1S/C20H30N4O4/c1-5-27-16(25)10-15-11-21-17(22-12-15)23-8-6-20(7-9-23)13-24(14-20)18(26)28-19(2,3)4/h11-12H,5-10,13-14H2,1-4H3. The first-order valence-corrected chi connectivity index (χ1v) is 9.89. The molecule has 2 fully saturated rings. The number of carbonyl (C=O) groups excluding carboxylic acids is 2. The van der Waals surface area contributed by atoms with Crippen LogP contribution in [-0.4, -0.2) is 65.3 Å². The van der Waals surface area contributed by atoms with E-state index in [1.165, 1.54) is 0 Å². The number of hydrogen-bond acceptors (Lipinski definition) is 7. The molecule has 0 unspecified atom stereocenters. The van der Waals surface area contributed by atoms with Crippen LogP contribution in [-0.2, 0) is 20.7 Å². The maximum absolute atomic E-state index is 12.1. The summed E-state index contributed by atoms with van der Waals surface area (Å²) in [5, 5.41) is 0. The molecule has 0 aliphatic carbocycles. The van der Waals surface area contributed by atoms with E-state index in [0.717, 1.165) is 44.6 Å². The van der Waals surface area contributed by atoms with Gasteiger partial charge in [-0.1, -0.05) is 0 Å². The topological polar surface area (TPSA) is 84.9 Å². The Hall–Kier alpha value is -2.38. The lowest BCUT2D eigenvalue weighted by Gasteiger charge is -2.53. The fourth-order valence-corrected chi connectivity index (χ4v) is 3.70. The summed E-state index contributed by atoms with van der Waals surface area (Å²) < 4.78 is 10.4. The van der Waals surface area contributed by atoms with Gasteiger partial charge in [-0.3, -0.25) is 4.79 Å². The minimum Gasteiger partial charge on any atom is -0.466 e. The van der Waals surface area contributed by atoms with Gasteiger partial charge in [-0.25, -0.2) is 14.8 Å². The van der Waals surface area contributed by atoms with E-state index in [2.05, 4.69) is 14.9 Å². The molecule has 1 amide bonds. The Morgan fingerprint density at radius 1 is 1.14 bits per heavy atom. The lowest BCUT2D eigenvalue weighted by molar-refractivity contribution is -0.142. The molecule has 0 saturated carbocycles. The van der Waals surface area contributed by atoms with Crippen LogP contribution in [0.2, 0.25) is 0 Å². The van der Waals surface area contributed by atoms with E-state index < -0.39 is 5.60 Å². The predicted molar refractivity (Wildman–Crippen MR) is 104 cm³/mol. The molecule has 2 aliphatic heterocycles. The Labute approximate surface area is 166 Å². The molecule has 8 heteroatoms. The molecule has 0 bridgehead atoms. The number of likely N-dealkylation sites (tertiary alicyclic amines) is 1. The van der Waals surface area contributed by atoms with Gasteiger partial charge < -0.3 is 19.3 Å². The monoisotopic (exact) mass is 390 g/mol. The molecule has 1 aromatic heterocycles. The van der Waals surface area contributed by atoms with Crippen molar-refractivity contribution < 1.29 is 19.1 Å². The molecule has 0 radical (unpaired) electrons. The maximum Gasteiger partial charge on any atom is 0.410 e. The molecule has 2 aliphatic rings. The Balaban J connectivity index is 1.47. The third kappa shape index (κ3) is 4.91. The maximum atomic E-state index is 12.1. The van der Waals surface area contributed by atoms with E-state index in [0.29, 0.717) is 12.6 Å². The molecule has 1 spiro atoms. The van der Waals surface area contributed by atoms with Crippen LogP contribution in [0.4, 0.5) is 10.7 Å². The van der Waals surface area contributed by atoms with Crippen LogP contribution in [0.1, 0.15) is 46.1 Å². The molecular formula is C20H30N4O4. The zero-order valence-electron chi connectivity index (χ0n) is 17.2. The van der Waals surface area contributed by atoms with Crippen LogP contribution < -0.4 is 4.90 Å². The SMILES string of the molecule is CCOC(=O)Cc1cnc(N2CCC3(CC2)CN(C(=O)OC(C)(C)C)C3)nc1. The van der Waals surface area contributed by atoms with E-state index >= 15 is 0 Å². The summed E-state index contributed by atoms with van der Waals surface area (Å²) >= 11 is 0. The second-order valence-corrected chi connectivity index (χ2v) is 8.70. The molecule has 154 valence electrons. The van der Waals surface area contributed by atoms with Crippen molar-refractivity contribution in [3.05, 3.63) is 18.0 Å². The minimum atomic E-state index is -0.458. The van der Waals surface area contributed by atoms with Gasteiger partial charge >= 0.3 is 12.1 Å². The first kappa shape index (κ1) is 20.4. The largest absolute Gasteiger partial charge is 0.466 e. The smallest absolute Gasteiger partial charge is 0.410 e. The van der Waals surface area contributed by atoms with Gasteiger partial charge in [0.05, 0.1) is 13.0 Å². The molecule has 3 heterocycles. The van der Waals surface area contributed by atoms with Crippen LogP contribution in [0.3, 0.4) is 0 Å². The number of carbonyl (C=O) groups is 2. The first-order valence-electron chi connectivity index (χ1n) is 9.89. The first-order chi connectivity index (χ1) is 13.2. The van der Waals surface area contributed by atoms with E-state index in [1.807, 2.05) is 20.8 Å². The van der Waals surface area contributed by atoms with Crippen molar-refractivity contribution in [3.8, 4) is 0 Å². The Kier molecular flexibility index (Phi) is 5.76. The second-order valence-electron chi connectivity index (χ2n) is 8.70. The lowest BCUT2D eigenvalue weighted by atomic mass is 9.72. The normalized spacial score (nSPS) is 18.6. The van der Waals surface area contributed by atoms with Gasteiger partial charge in [-0.15, -0.1) is 0 Å². The third-order valence-electron chi connectivity index (χ3n) is 5.16. The number of rotatable bonds is 4. The third-order valence-corrected chi connectivity index (χ3v) is 5.16. The summed E-state index contributed by atoms with van der Waals surface area (Å²) in [6.45, 7) is 11.1. The number of esters is 1. The Morgan fingerprint density at radius 3 is 2.29 bits per heavy atom. The molecule has 0 aromatic carbocycles. The number of aromatic nitrogens is 2. The van der Waals surface area contributed by atoms with Crippen LogP contribution in [0.5, 0.6) is 0 Å². The van der Waals surface area contributed by atoms with Crippen molar-refractivity contribution in [2.45, 2.75) is 52.6 Å². The van der Waals surface area contributed by atoms with Crippen molar-refractivity contribution >= 4 is 18.0 Å². The van der Waals surface area contributed by atoms with Crippen molar-refractivity contribution in [2.24, 2.45) is 5.41 Å². The van der Waals surface area contributed by atoms with Gasteiger partial charge in [0.25, 0.3) is 0 Å². The highest BCUT2D eigenvalue weighted by atomic mass is 16.6. The molecular weight excluding hydrogens is 360 g/mol. The molecule has 1 aromatic rings. The quantitative estimate of drug-likeness (QED) is 0.730. The average Bonchev–Trinajstić information content (AvgIpc) is 2.59. The summed E-state index contributed by atoms with van der Waals surface area (Å²) in [4.78, 5) is 36.5. The van der Waals surface area contributed by atoms with Gasteiger partial charge in [0, 0.05) is 49.6 Å². The summed E-state index contributed by atoms with van der Waals surface area (Å²) in [5.41, 5.74) is 0.486. The molecule has 3 rings (SSSR count). The number of ether oxygens (including phenoxy) is 2. The summed E-state index contributed by atoms with van der Waals surface area (Å²) in [6.07, 6.45) is 5.35. The van der Waals surface area contributed by atoms with Crippen molar-refractivity contribution in [2.75, 3.05) is 37.7 Å². The zero-order chi connectivity index (χ0) is 20.4. The fraction of sp³-hybridized carbons (Fsp3) is 0.700. The van der Waals surface area contributed by atoms with E-state index in [1.54, 1.807) is 24.2 Å². The van der Waals surface area contributed by atoms with Crippen LogP contribution in [0.25, 0.3) is 0 Å². The number of nitrogens with zero attached hydrogens (tertiary/aromatic N) is 4. The van der Waals surface area contributed by atoms with Crippen molar-refractivity contribution in [3.63, 3.8) is 0 Å². The highest BCUT2D eigenvalue weighted by Crippen LogP contribution is 2.41. The molecule has 2 saturated heterocycles. The van der Waals surface area contributed by atoms with Gasteiger partial charge in [0.2, 0.25) is 5.95 Å². The van der Waals surface area contributed by atoms with Crippen molar-refractivity contribution in [1.82, 2.24) is 14.9 Å². The van der Waals surface area contributed by atoms with Gasteiger partial charge in [-0.05, 0) is 40.5 Å². The summed E-state index contributed by atoms with van der Waals surface area (Å²) in [5.74, 6) is 0.420. The lowest BCUT2D eigenvalue weighted by Crippen LogP contribution is -2.62. The number of piperidine rings is 1. The van der Waals surface area contributed by atoms with Gasteiger partial charge in [-0.2, -0.15) is 0 Å². The minimum absolute atomic E-state index is 0.192.